The maximum Gasteiger partial charge on any atom is 0.254 e. The highest BCUT2D eigenvalue weighted by Crippen LogP contribution is 2.38. The SMILES string of the molecule is CC1CC(C)(C)CCC1NC(=O)c1coc(CN)c1.Cl. The zero-order chi connectivity index (χ0) is 14.0. The standard InChI is InChI=1S/C15H24N2O2.ClH/c1-10-7-15(2,3)5-4-13(10)17-14(18)11-6-12(8-16)19-9-11;/h6,9-10,13H,4-5,7-8,16H2,1-3H3,(H,17,18);1H. The second kappa shape index (κ2) is 6.64. The second-order valence-corrected chi connectivity index (χ2v) is 6.47. The lowest BCUT2D eigenvalue weighted by Gasteiger charge is -2.39. The van der Waals surface area contributed by atoms with E-state index in [-0.39, 0.29) is 24.4 Å². The molecule has 2 atom stereocenters. The molecular formula is C15H25ClN2O2. The summed E-state index contributed by atoms with van der Waals surface area (Å²) >= 11 is 0. The van der Waals surface area contributed by atoms with Gasteiger partial charge in [-0.15, -0.1) is 12.4 Å². The minimum absolute atomic E-state index is 0. The summed E-state index contributed by atoms with van der Waals surface area (Å²) in [6.45, 7) is 7.13. The van der Waals surface area contributed by atoms with Crippen molar-refractivity contribution in [1.29, 1.82) is 0 Å². The van der Waals surface area contributed by atoms with E-state index in [0.29, 0.717) is 29.2 Å². The van der Waals surface area contributed by atoms with Gasteiger partial charge >= 0.3 is 0 Å². The molecule has 0 saturated heterocycles. The number of carbonyl (C=O) groups is 1. The van der Waals surface area contributed by atoms with Gasteiger partial charge in [0.05, 0.1) is 12.1 Å². The molecule has 1 fully saturated rings. The monoisotopic (exact) mass is 300 g/mol. The normalized spacial score (nSPS) is 24.8. The van der Waals surface area contributed by atoms with E-state index < -0.39 is 0 Å². The Balaban J connectivity index is 0.00000200. The molecule has 20 heavy (non-hydrogen) atoms. The third-order valence-corrected chi connectivity index (χ3v) is 4.13. The van der Waals surface area contributed by atoms with Crippen LogP contribution in [-0.2, 0) is 6.54 Å². The summed E-state index contributed by atoms with van der Waals surface area (Å²) in [5, 5.41) is 3.12. The van der Waals surface area contributed by atoms with Gasteiger partial charge in [0.15, 0.2) is 0 Å². The molecule has 1 aromatic rings. The van der Waals surface area contributed by atoms with Crippen LogP contribution in [0.15, 0.2) is 16.7 Å². The third-order valence-electron chi connectivity index (χ3n) is 4.13. The van der Waals surface area contributed by atoms with Gasteiger partial charge in [0, 0.05) is 6.04 Å². The van der Waals surface area contributed by atoms with Gasteiger partial charge in [0.2, 0.25) is 0 Å². The highest BCUT2D eigenvalue weighted by atomic mass is 35.5. The van der Waals surface area contributed by atoms with E-state index in [2.05, 4.69) is 26.1 Å². The van der Waals surface area contributed by atoms with E-state index in [9.17, 15) is 4.79 Å². The van der Waals surface area contributed by atoms with Gasteiger partial charge in [-0.3, -0.25) is 4.79 Å². The minimum atomic E-state index is -0.0555. The lowest BCUT2D eigenvalue weighted by molar-refractivity contribution is 0.0861. The van der Waals surface area contributed by atoms with Crippen molar-refractivity contribution < 1.29 is 9.21 Å². The maximum absolute atomic E-state index is 12.1. The summed E-state index contributed by atoms with van der Waals surface area (Å²) in [6.07, 6.45) is 4.83. The number of hydrogen-bond acceptors (Lipinski definition) is 3. The van der Waals surface area contributed by atoms with Crippen LogP contribution in [0.2, 0.25) is 0 Å². The zero-order valence-corrected chi connectivity index (χ0v) is 13.3. The molecule has 114 valence electrons. The Kier molecular flexibility index (Phi) is 5.66. The summed E-state index contributed by atoms with van der Waals surface area (Å²) < 4.78 is 5.20. The minimum Gasteiger partial charge on any atom is -0.467 e. The van der Waals surface area contributed by atoms with Crippen molar-refractivity contribution in [2.24, 2.45) is 17.1 Å². The molecule has 0 radical (unpaired) electrons. The predicted octanol–water partition coefficient (Wildman–Crippen LogP) is 3.10. The molecule has 5 heteroatoms. The van der Waals surface area contributed by atoms with E-state index in [4.69, 9.17) is 10.2 Å². The Morgan fingerprint density at radius 2 is 2.25 bits per heavy atom. The molecule has 1 aliphatic carbocycles. The first-order valence-electron chi connectivity index (χ1n) is 6.99. The number of hydrogen-bond donors (Lipinski definition) is 2. The molecule has 2 rings (SSSR count). The number of halogens is 1. The fraction of sp³-hybridized carbons (Fsp3) is 0.667. The average Bonchev–Trinajstić information content (AvgIpc) is 2.81. The van der Waals surface area contributed by atoms with Gasteiger partial charge in [-0.25, -0.2) is 0 Å². The first-order chi connectivity index (χ1) is 8.91. The molecule has 0 aliphatic heterocycles. The van der Waals surface area contributed by atoms with Gasteiger partial charge in [-0.05, 0) is 36.7 Å². The highest BCUT2D eigenvalue weighted by molar-refractivity contribution is 5.94. The number of carbonyl (C=O) groups excluding carboxylic acids is 1. The molecule has 3 N–H and O–H groups in total. The van der Waals surface area contributed by atoms with Crippen LogP contribution in [0.25, 0.3) is 0 Å². The van der Waals surface area contributed by atoms with Crippen molar-refractivity contribution in [2.45, 2.75) is 52.6 Å². The van der Waals surface area contributed by atoms with Crippen LogP contribution in [-0.4, -0.2) is 11.9 Å². The van der Waals surface area contributed by atoms with Gasteiger partial charge in [0.25, 0.3) is 5.91 Å². The van der Waals surface area contributed by atoms with Crippen molar-refractivity contribution in [1.82, 2.24) is 5.32 Å². The van der Waals surface area contributed by atoms with E-state index in [1.54, 1.807) is 6.07 Å². The number of amides is 1. The van der Waals surface area contributed by atoms with Crippen LogP contribution in [0.1, 0.15) is 56.2 Å². The number of nitrogens with one attached hydrogen (secondary N) is 1. The molecule has 1 amide bonds. The molecule has 0 spiro atoms. The zero-order valence-electron chi connectivity index (χ0n) is 12.4. The van der Waals surface area contributed by atoms with Crippen LogP contribution in [0.5, 0.6) is 0 Å². The van der Waals surface area contributed by atoms with Crippen molar-refractivity contribution in [3.05, 3.63) is 23.7 Å². The van der Waals surface area contributed by atoms with Crippen LogP contribution in [0.4, 0.5) is 0 Å². The molecule has 1 saturated carbocycles. The molecule has 4 nitrogen and oxygen atoms in total. The summed E-state index contributed by atoms with van der Waals surface area (Å²) in [4.78, 5) is 12.1. The lowest BCUT2D eigenvalue weighted by Crippen LogP contribution is -2.44. The first-order valence-corrected chi connectivity index (χ1v) is 6.99. The van der Waals surface area contributed by atoms with Crippen LogP contribution < -0.4 is 11.1 Å². The predicted molar refractivity (Wildman–Crippen MR) is 81.9 cm³/mol. The molecule has 1 aromatic heterocycles. The van der Waals surface area contributed by atoms with E-state index >= 15 is 0 Å². The average molecular weight is 301 g/mol. The van der Waals surface area contributed by atoms with Crippen molar-refractivity contribution in [3.8, 4) is 0 Å². The molecule has 0 bridgehead atoms. The Morgan fingerprint density at radius 3 is 2.80 bits per heavy atom. The largest absolute Gasteiger partial charge is 0.467 e. The first kappa shape index (κ1) is 17.1. The van der Waals surface area contributed by atoms with Gasteiger partial charge < -0.3 is 15.5 Å². The Morgan fingerprint density at radius 1 is 1.55 bits per heavy atom. The molecule has 1 heterocycles. The van der Waals surface area contributed by atoms with E-state index in [1.807, 2.05) is 0 Å². The lowest BCUT2D eigenvalue weighted by atomic mass is 9.70. The summed E-state index contributed by atoms with van der Waals surface area (Å²) in [5.41, 5.74) is 6.43. The Hall–Kier alpha value is -1.00. The van der Waals surface area contributed by atoms with E-state index in [0.717, 1.165) is 19.3 Å². The van der Waals surface area contributed by atoms with Crippen molar-refractivity contribution in [2.75, 3.05) is 0 Å². The van der Waals surface area contributed by atoms with Crippen molar-refractivity contribution >= 4 is 18.3 Å². The van der Waals surface area contributed by atoms with Gasteiger partial charge in [-0.1, -0.05) is 20.8 Å². The van der Waals surface area contributed by atoms with Gasteiger partial charge in [0.1, 0.15) is 12.0 Å². The molecular weight excluding hydrogens is 276 g/mol. The fourth-order valence-electron chi connectivity index (χ4n) is 3.02. The van der Waals surface area contributed by atoms with Gasteiger partial charge in [-0.2, -0.15) is 0 Å². The van der Waals surface area contributed by atoms with Crippen molar-refractivity contribution in [3.63, 3.8) is 0 Å². The number of nitrogens with two attached hydrogens (primary N) is 1. The molecule has 0 aromatic carbocycles. The topological polar surface area (TPSA) is 68.3 Å². The quantitative estimate of drug-likeness (QED) is 0.901. The highest BCUT2D eigenvalue weighted by Gasteiger charge is 2.33. The summed E-state index contributed by atoms with van der Waals surface area (Å²) in [7, 11) is 0. The number of rotatable bonds is 3. The van der Waals surface area contributed by atoms with Crippen LogP contribution in [0, 0.1) is 11.3 Å². The van der Waals surface area contributed by atoms with E-state index in [1.165, 1.54) is 6.26 Å². The Bertz CT molecular complexity index is 456. The Labute approximate surface area is 126 Å². The summed E-state index contributed by atoms with van der Waals surface area (Å²) in [5.74, 6) is 1.09. The maximum atomic E-state index is 12.1. The second-order valence-electron chi connectivity index (χ2n) is 6.47. The van der Waals surface area contributed by atoms with Crippen LogP contribution >= 0.6 is 12.4 Å². The fourth-order valence-corrected chi connectivity index (χ4v) is 3.02. The molecule has 2 unspecified atom stereocenters. The molecule has 1 aliphatic rings. The number of furan rings is 1. The summed E-state index contributed by atoms with van der Waals surface area (Å²) in [6, 6.07) is 1.98. The third kappa shape index (κ3) is 4.00. The van der Waals surface area contributed by atoms with Crippen LogP contribution in [0.3, 0.4) is 0 Å². The smallest absolute Gasteiger partial charge is 0.254 e.